The minimum absolute atomic E-state index is 0.0868. The highest BCUT2D eigenvalue weighted by Crippen LogP contribution is 2.21. The average Bonchev–Trinajstić information content (AvgIpc) is 2.64. The Kier molecular flexibility index (Phi) is 7.45. The number of hydrogen-bond acceptors (Lipinski definition) is 3. The highest BCUT2D eigenvalue weighted by Gasteiger charge is 2.41. The van der Waals surface area contributed by atoms with Gasteiger partial charge in [-0.15, -0.1) is 11.8 Å². The molecule has 0 fully saturated rings. The highest BCUT2D eigenvalue weighted by molar-refractivity contribution is 8.00. The van der Waals surface area contributed by atoms with Crippen molar-refractivity contribution in [1.82, 2.24) is 4.90 Å². The Labute approximate surface area is 163 Å². The number of nitrogens with one attached hydrogen (secondary N) is 1. The van der Waals surface area contributed by atoms with Crippen LogP contribution in [0.1, 0.15) is 12.5 Å². The van der Waals surface area contributed by atoms with Crippen LogP contribution in [0.25, 0.3) is 0 Å². The van der Waals surface area contributed by atoms with Gasteiger partial charge in [-0.3, -0.25) is 9.59 Å². The van der Waals surface area contributed by atoms with Crippen LogP contribution in [0.2, 0.25) is 0 Å². The fourth-order valence-electron chi connectivity index (χ4n) is 2.35. The minimum Gasteiger partial charge on any atom is -0.331 e. The van der Waals surface area contributed by atoms with E-state index in [0.29, 0.717) is 16.2 Å². The molecule has 9 heteroatoms. The first-order chi connectivity index (χ1) is 13.2. The van der Waals surface area contributed by atoms with E-state index in [1.54, 1.807) is 30.3 Å². The van der Waals surface area contributed by atoms with E-state index in [2.05, 4.69) is 5.32 Å². The van der Waals surface area contributed by atoms with Crippen LogP contribution in [0.3, 0.4) is 0 Å². The van der Waals surface area contributed by atoms with Gasteiger partial charge >= 0.3 is 12.1 Å². The third-order valence-corrected chi connectivity index (χ3v) is 4.69. The summed E-state index contributed by atoms with van der Waals surface area (Å²) in [4.78, 5) is 24.9. The van der Waals surface area contributed by atoms with Crippen LogP contribution in [0.4, 0.5) is 23.2 Å². The number of hydrogen-bond donors (Lipinski definition) is 1. The van der Waals surface area contributed by atoms with E-state index in [-0.39, 0.29) is 30.6 Å². The van der Waals surface area contributed by atoms with Gasteiger partial charge in [0.15, 0.2) is 0 Å². The summed E-state index contributed by atoms with van der Waals surface area (Å²) in [6, 6.07) is 12.0. The molecule has 1 N–H and O–H groups in total. The van der Waals surface area contributed by atoms with Crippen molar-refractivity contribution in [2.24, 2.45) is 0 Å². The second-order valence-corrected chi connectivity index (χ2v) is 6.86. The molecule has 0 spiro atoms. The molecule has 28 heavy (non-hydrogen) atoms. The summed E-state index contributed by atoms with van der Waals surface area (Å²) in [6.07, 6.45) is -4.93. The predicted octanol–water partition coefficient (Wildman–Crippen LogP) is 4.47. The number of alkyl halides is 3. The molecule has 2 aromatic carbocycles. The Hall–Kier alpha value is -2.55. The van der Waals surface area contributed by atoms with E-state index in [4.69, 9.17) is 0 Å². The van der Waals surface area contributed by atoms with Crippen molar-refractivity contribution in [3.63, 3.8) is 0 Å². The SMILES string of the molecule is CCN(Cc1cccc(NC(=O)CSc2ccc(F)cc2)c1)C(=O)C(F)(F)F. The van der Waals surface area contributed by atoms with Gasteiger partial charge in [0, 0.05) is 23.7 Å². The summed E-state index contributed by atoms with van der Waals surface area (Å²) in [5.74, 6) is -2.50. The van der Waals surface area contributed by atoms with Crippen molar-refractivity contribution in [2.45, 2.75) is 24.5 Å². The number of thioether (sulfide) groups is 1. The zero-order chi connectivity index (χ0) is 20.7. The molecule has 0 aromatic heterocycles. The van der Waals surface area contributed by atoms with Gasteiger partial charge in [-0.25, -0.2) is 4.39 Å². The van der Waals surface area contributed by atoms with E-state index < -0.39 is 12.1 Å². The Bertz CT molecular complexity index is 825. The maximum absolute atomic E-state index is 12.9. The van der Waals surface area contributed by atoms with Gasteiger partial charge in [0.1, 0.15) is 5.82 Å². The first-order valence-electron chi connectivity index (χ1n) is 8.32. The first-order valence-corrected chi connectivity index (χ1v) is 9.31. The normalized spacial score (nSPS) is 11.2. The maximum Gasteiger partial charge on any atom is 0.471 e. The molecule has 4 nitrogen and oxygen atoms in total. The van der Waals surface area contributed by atoms with Crippen molar-refractivity contribution in [3.8, 4) is 0 Å². The number of amides is 2. The van der Waals surface area contributed by atoms with Crippen LogP contribution in [0.15, 0.2) is 53.4 Å². The zero-order valence-corrected chi connectivity index (χ0v) is 15.7. The lowest BCUT2D eigenvalue weighted by atomic mass is 10.2. The summed E-state index contributed by atoms with van der Waals surface area (Å²) in [5.41, 5.74) is 0.876. The van der Waals surface area contributed by atoms with E-state index in [0.717, 1.165) is 4.90 Å². The van der Waals surface area contributed by atoms with Crippen LogP contribution in [-0.2, 0) is 16.1 Å². The van der Waals surface area contributed by atoms with Crippen LogP contribution in [0.5, 0.6) is 0 Å². The molecule has 0 saturated carbocycles. The van der Waals surface area contributed by atoms with Gasteiger partial charge in [-0.2, -0.15) is 13.2 Å². The van der Waals surface area contributed by atoms with Crippen LogP contribution < -0.4 is 5.32 Å². The lowest BCUT2D eigenvalue weighted by molar-refractivity contribution is -0.185. The van der Waals surface area contributed by atoms with E-state index in [1.165, 1.54) is 36.9 Å². The van der Waals surface area contributed by atoms with Crippen LogP contribution >= 0.6 is 11.8 Å². The van der Waals surface area contributed by atoms with Crippen molar-refractivity contribution in [3.05, 3.63) is 59.9 Å². The Morgan fingerprint density at radius 3 is 2.39 bits per heavy atom. The molecule has 2 amide bonds. The predicted molar refractivity (Wildman–Crippen MR) is 99.3 cm³/mol. The molecule has 0 aliphatic rings. The molecular formula is C19H18F4N2O2S. The third kappa shape index (κ3) is 6.56. The van der Waals surface area contributed by atoms with Gasteiger partial charge in [0.25, 0.3) is 0 Å². The number of rotatable bonds is 7. The summed E-state index contributed by atoms with van der Waals surface area (Å²) >= 11 is 1.22. The van der Waals surface area contributed by atoms with Crippen LogP contribution in [0, 0.1) is 5.82 Å². The molecule has 150 valence electrons. The van der Waals surface area contributed by atoms with Crippen molar-refractivity contribution in [1.29, 1.82) is 0 Å². The zero-order valence-electron chi connectivity index (χ0n) is 14.9. The van der Waals surface area contributed by atoms with E-state index in [1.807, 2.05) is 0 Å². The number of nitrogens with zero attached hydrogens (tertiary/aromatic N) is 1. The molecular weight excluding hydrogens is 396 g/mol. The van der Waals surface area contributed by atoms with E-state index in [9.17, 15) is 27.2 Å². The molecule has 0 saturated heterocycles. The van der Waals surface area contributed by atoms with E-state index >= 15 is 0 Å². The largest absolute Gasteiger partial charge is 0.471 e. The average molecular weight is 414 g/mol. The Balaban J connectivity index is 1.95. The van der Waals surface area contributed by atoms with Crippen molar-refractivity contribution >= 4 is 29.3 Å². The molecule has 0 atom stereocenters. The molecule has 0 aliphatic heterocycles. The number of carbonyl (C=O) groups is 2. The molecule has 0 bridgehead atoms. The minimum atomic E-state index is -4.93. The Morgan fingerprint density at radius 1 is 1.11 bits per heavy atom. The molecule has 0 heterocycles. The van der Waals surface area contributed by atoms with Crippen LogP contribution in [-0.4, -0.2) is 35.2 Å². The molecule has 0 unspecified atom stereocenters. The Morgan fingerprint density at radius 2 is 1.79 bits per heavy atom. The molecule has 2 aromatic rings. The van der Waals surface area contributed by atoms with Gasteiger partial charge in [-0.1, -0.05) is 12.1 Å². The molecule has 0 radical (unpaired) electrons. The number of halogens is 4. The monoisotopic (exact) mass is 414 g/mol. The van der Waals surface area contributed by atoms with Gasteiger partial charge in [-0.05, 0) is 48.9 Å². The number of anilines is 1. The second-order valence-electron chi connectivity index (χ2n) is 5.81. The summed E-state index contributed by atoms with van der Waals surface area (Å²) in [6.45, 7) is 1.15. The third-order valence-electron chi connectivity index (χ3n) is 3.68. The summed E-state index contributed by atoms with van der Waals surface area (Å²) in [5, 5.41) is 2.66. The molecule has 0 aliphatic carbocycles. The first kappa shape index (κ1) is 21.7. The number of benzene rings is 2. The fraction of sp³-hybridized carbons (Fsp3) is 0.263. The highest BCUT2D eigenvalue weighted by atomic mass is 32.2. The lowest BCUT2D eigenvalue weighted by Crippen LogP contribution is -2.40. The summed E-state index contributed by atoms with van der Waals surface area (Å²) in [7, 11) is 0. The topological polar surface area (TPSA) is 49.4 Å². The molecule has 2 rings (SSSR count). The van der Waals surface area contributed by atoms with Crippen molar-refractivity contribution in [2.75, 3.05) is 17.6 Å². The quantitative estimate of drug-likeness (QED) is 0.537. The van der Waals surface area contributed by atoms with Gasteiger partial charge in [0.05, 0.1) is 5.75 Å². The van der Waals surface area contributed by atoms with Gasteiger partial charge in [0.2, 0.25) is 5.91 Å². The fourth-order valence-corrected chi connectivity index (χ4v) is 3.05. The number of carbonyl (C=O) groups excluding carboxylic acids is 2. The lowest BCUT2D eigenvalue weighted by Gasteiger charge is -2.22. The second kappa shape index (κ2) is 9.59. The maximum atomic E-state index is 12.9. The summed E-state index contributed by atoms with van der Waals surface area (Å²) < 4.78 is 50.7. The smallest absolute Gasteiger partial charge is 0.331 e. The van der Waals surface area contributed by atoms with Crippen molar-refractivity contribution < 1.29 is 27.2 Å². The van der Waals surface area contributed by atoms with Gasteiger partial charge < -0.3 is 10.2 Å². The standard InChI is InChI=1S/C19H18F4N2O2S/c1-2-25(18(27)19(21,22)23)11-13-4-3-5-15(10-13)24-17(26)12-28-16-8-6-14(20)7-9-16/h3-10H,2,11-12H2,1H3,(H,24,26).